The number of rotatable bonds is 4. The van der Waals surface area contributed by atoms with Crippen molar-refractivity contribution >= 4 is 34.5 Å². The van der Waals surface area contributed by atoms with Gasteiger partial charge in [0.05, 0.1) is 10.6 Å². The third kappa shape index (κ3) is 4.11. The van der Waals surface area contributed by atoms with Crippen molar-refractivity contribution in [3.63, 3.8) is 0 Å². The van der Waals surface area contributed by atoms with Crippen molar-refractivity contribution in [3.05, 3.63) is 40.0 Å². The smallest absolute Gasteiger partial charge is 0.350 e. The van der Waals surface area contributed by atoms with E-state index in [0.717, 1.165) is 31.7 Å². The molecule has 1 aliphatic carbocycles. The van der Waals surface area contributed by atoms with Gasteiger partial charge >= 0.3 is 6.18 Å². The van der Waals surface area contributed by atoms with E-state index in [1.54, 1.807) is 17.5 Å². The fourth-order valence-electron chi connectivity index (χ4n) is 3.60. The number of alkyl halides is 3. The number of halogens is 4. The molecule has 1 saturated carbocycles. The molecule has 1 amide bonds. The lowest BCUT2D eigenvalue weighted by Crippen LogP contribution is -2.30. The van der Waals surface area contributed by atoms with Gasteiger partial charge in [-0.15, -0.1) is 11.3 Å². The zero-order valence-corrected chi connectivity index (χ0v) is 16.9. The first-order valence-electron chi connectivity index (χ1n) is 9.33. The van der Waals surface area contributed by atoms with E-state index in [-0.39, 0.29) is 22.1 Å². The molecule has 5 nitrogen and oxygen atoms in total. The summed E-state index contributed by atoms with van der Waals surface area (Å²) >= 11 is 7.52. The lowest BCUT2D eigenvalue weighted by Gasteiger charge is -2.21. The predicted octanol–water partition coefficient (Wildman–Crippen LogP) is 5.44. The highest BCUT2D eigenvalue weighted by atomic mass is 35.5. The van der Waals surface area contributed by atoms with Gasteiger partial charge < -0.3 is 5.32 Å². The van der Waals surface area contributed by atoms with Gasteiger partial charge in [0.25, 0.3) is 5.91 Å². The Labute approximate surface area is 173 Å². The van der Waals surface area contributed by atoms with Crippen molar-refractivity contribution in [1.29, 1.82) is 0 Å². The third-order valence-electron chi connectivity index (χ3n) is 5.09. The molecule has 0 spiro atoms. The topological polar surface area (TPSA) is 59.3 Å². The molecule has 3 heterocycles. The molecule has 0 atom stereocenters. The Morgan fingerprint density at radius 1 is 1.31 bits per heavy atom. The lowest BCUT2D eigenvalue weighted by molar-refractivity contribution is -0.142. The van der Waals surface area contributed by atoms with Crippen molar-refractivity contribution in [2.24, 2.45) is 5.92 Å². The van der Waals surface area contributed by atoms with Crippen LogP contribution in [0.15, 0.2) is 23.6 Å². The Kier molecular flexibility index (Phi) is 5.52. The second kappa shape index (κ2) is 7.95. The van der Waals surface area contributed by atoms with Gasteiger partial charge in [-0.05, 0) is 36.3 Å². The highest BCUT2D eigenvalue weighted by molar-refractivity contribution is 7.13. The minimum absolute atomic E-state index is 0.135. The fraction of sp³-hybridized carbons (Fsp3) is 0.421. The lowest BCUT2D eigenvalue weighted by atomic mass is 9.89. The largest absolute Gasteiger partial charge is 0.433 e. The van der Waals surface area contributed by atoms with Crippen molar-refractivity contribution < 1.29 is 18.0 Å². The molecule has 154 valence electrons. The van der Waals surface area contributed by atoms with Gasteiger partial charge in [0.1, 0.15) is 5.02 Å². The monoisotopic (exact) mass is 442 g/mol. The van der Waals surface area contributed by atoms with E-state index in [1.165, 1.54) is 17.8 Å². The highest BCUT2D eigenvalue weighted by Crippen LogP contribution is 2.35. The Morgan fingerprint density at radius 3 is 2.72 bits per heavy atom. The molecule has 0 unspecified atom stereocenters. The van der Waals surface area contributed by atoms with E-state index in [9.17, 15) is 18.0 Å². The van der Waals surface area contributed by atoms with Gasteiger partial charge in [-0.3, -0.25) is 4.79 Å². The third-order valence-corrected chi connectivity index (χ3v) is 6.33. The maximum absolute atomic E-state index is 13.6. The van der Waals surface area contributed by atoms with Crippen LogP contribution >= 0.6 is 22.9 Å². The van der Waals surface area contributed by atoms with E-state index < -0.39 is 17.8 Å². The van der Waals surface area contributed by atoms with Crippen LogP contribution in [-0.2, 0) is 6.18 Å². The van der Waals surface area contributed by atoms with Gasteiger partial charge in [0, 0.05) is 6.54 Å². The predicted molar refractivity (Wildman–Crippen MR) is 105 cm³/mol. The number of thiophene rings is 1. The Hall–Kier alpha value is -2.13. The van der Waals surface area contributed by atoms with Gasteiger partial charge in [-0.1, -0.05) is 36.9 Å². The summed E-state index contributed by atoms with van der Waals surface area (Å²) in [6, 6.07) is 4.32. The van der Waals surface area contributed by atoms with E-state index in [2.05, 4.69) is 15.4 Å². The molecule has 0 aromatic carbocycles. The summed E-state index contributed by atoms with van der Waals surface area (Å²) in [5.41, 5.74) is -1.33. The van der Waals surface area contributed by atoms with Crippen LogP contribution in [0.25, 0.3) is 16.2 Å². The molecule has 3 aromatic rings. The summed E-state index contributed by atoms with van der Waals surface area (Å²) in [7, 11) is 0. The maximum atomic E-state index is 13.6. The van der Waals surface area contributed by atoms with Crippen LogP contribution in [0.5, 0.6) is 0 Å². The standard InChI is InChI=1S/C19H18ClF3N4OS/c20-15-16(18(28)24-10-11-5-2-1-3-6-11)26-27-14(19(21,22)23)9-12(25-17(15)27)13-7-4-8-29-13/h4,7-9,11H,1-3,5-6,10H2,(H,24,28). The molecule has 4 rings (SSSR count). The number of nitrogens with one attached hydrogen (secondary N) is 1. The molecular formula is C19H18ClF3N4OS. The maximum Gasteiger partial charge on any atom is 0.433 e. The first-order chi connectivity index (χ1) is 13.8. The Morgan fingerprint density at radius 2 is 2.07 bits per heavy atom. The average molecular weight is 443 g/mol. The second-order valence-corrected chi connectivity index (χ2v) is 8.44. The van der Waals surface area contributed by atoms with Gasteiger partial charge in [-0.25, -0.2) is 9.50 Å². The summed E-state index contributed by atoms with van der Waals surface area (Å²) in [5, 5.41) is 8.18. The quantitative estimate of drug-likeness (QED) is 0.585. The van der Waals surface area contributed by atoms with Crippen molar-refractivity contribution in [2.75, 3.05) is 6.54 Å². The van der Waals surface area contributed by atoms with Crippen molar-refractivity contribution in [3.8, 4) is 10.6 Å². The fourth-order valence-corrected chi connectivity index (χ4v) is 4.53. The SMILES string of the molecule is O=C(NCC1CCCCC1)c1nn2c(C(F)(F)F)cc(-c3cccs3)nc2c1Cl. The number of carbonyl (C=O) groups excluding carboxylic acids is 1. The first-order valence-corrected chi connectivity index (χ1v) is 10.6. The first kappa shape index (κ1) is 20.2. The summed E-state index contributed by atoms with van der Waals surface area (Å²) < 4.78 is 41.5. The van der Waals surface area contributed by atoms with Crippen LogP contribution in [0.1, 0.15) is 48.3 Å². The number of amides is 1. The number of carbonyl (C=O) groups is 1. The van der Waals surface area contributed by atoms with Crippen molar-refractivity contribution in [2.45, 2.75) is 38.3 Å². The molecule has 0 radical (unpaired) electrons. The van der Waals surface area contributed by atoms with Crippen molar-refractivity contribution in [1.82, 2.24) is 19.9 Å². The van der Waals surface area contributed by atoms with Crippen LogP contribution in [0.3, 0.4) is 0 Å². The van der Waals surface area contributed by atoms with E-state index in [4.69, 9.17) is 11.6 Å². The number of nitrogens with zero attached hydrogens (tertiary/aromatic N) is 3. The molecule has 1 aliphatic rings. The van der Waals surface area contributed by atoms with E-state index in [0.29, 0.717) is 21.9 Å². The molecule has 3 aromatic heterocycles. The molecule has 29 heavy (non-hydrogen) atoms. The Bertz CT molecular complexity index is 1030. The summed E-state index contributed by atoms with van der Waals surface area (Å²) in [5.74, 6) is -0.213. The van der Waals surface area contributed by atoms with Crippen LogP contribution in [0.4, 0.5) is 13.2 Å². The Balaban J connectivity index is 1.70. The zero-order chi connectivity index (χ0) is 20.6. The van der Waals surface area contributed by atoms with Gasteiger partial charge in [-0.2, -0.15) is 18.3 Å². The second-order valence-electron chi connectivity index (χ2n) is 7.11. The number of fused-ring (bicyclic) bond motifs is 1. The zero-order valence-electron chi connectivity index (χ0n) is 15.3. The van der Waals surface area contributed by atoms with Gasteiger partial charge in [0.15, 0.2) is 17.0 Å². The van der Waals surface area contributed by atoms with Crippen LogP contribution < -0.4 is 5.32 Å². The minimum atomic E-state index is -4.68. The van der Waals surface area contributed by atoms with Gasteiger partial charge in [0.2, 0.25) is 0 Å². The molecular weight excluding hydrogens is 425 g/mol. The molecule has 0 aliphatic heterocycles. The normalized spacial score (nSPS) is 15.7. The van der Waals surface area contributed by atoms with E-state index >= 15 is 0 Å². The van der Waals surface area contributed by atoms with Crippen LogP contribution in [-0.4, -0.2) is 27.0 Å². The molecule has 0 saturated heterocycles. The summed E-state index contributed by atoms with van der Waals surface area (Å²) in [6.07, 6.45) is 0.825. The van der Waals surface area contributed by atoms with E-state index in [1.807, 2.05) is 0 Å². The summed E-state index contributed by atoms with van der Waals surface area (Å²) in [6.45, 7) is 0.461. The van der Waals surface area contributed by atoms with Crippen LogP contribution in [0, 0.1) is 5.92 Å². The molecule has 1 fully saturated rings. The highest BCUT2D eigenvalue weighted by Gasteiger charge is 2.37. The van der Waals surface area contributed by atoms with Crippen LogP contribution in [0.2, 0.25) is 5.02 Å². The molecule has 1 N–H and O–H groups in total. The minimum Gasteiger partial charge on any atom is -0.350 e. The number of hydrogen-bond donors (Lipinski definition) is 1. The molecule has 10 heteroatoms. The molecule has 0 bridgehead atoms. The average Bonchev–Trinajstić information content (AvgIpc) is 3.34. The number of hydrogen-bond acceptors (Lipinski definition) is 4. The summed E-state index contributed by atoms with van der Waals surface area (Å²) in [4.78, 5) is 17.4. The number of aromatic nitrogens is 3.